The van der Waals surface area contributed by atoms with E-state index in [0.717, 1.165) is 15.3 Å². The van der Waals surface area contributed by atoms with Gasteiger partial charge in [0.15, 0.2) is 0 Å². The number of hydrogen-bond donors (Lipinski definition) is 1. The van der Waals surface area contributed by atoms with E-state index < -0.39 is 6.04 Å². The molecule has 0 saturated carbocycles. The quantitative estimate of drug-likeness (QED) is 0.761. The van der Waals surface area contributed by atoms with Crippen LogP contribution in [0.5, 0.6) is 5.75 Å². The number of rotatable bonds is 4. The fraction of sp³-hybridized carbons (Fsp3) is 0.316. The lowest BCUT2D eigenvalue weighted by Crippen LogP contribution is -2.33. The highest BCUT2D eigenvalue weighted by Gasteiger charge is 2.22. The first kappa shape index (κ1) is 18.1. The molecule has 136 valence electrons. The molecule has 2 heterocycles. The first-order chi connectivity index (χ1) is 12.3. The number of carbonyl (C=O) groups excluding carboxylic acids is 1. The topological polar surface area (TPSA) is 73.2 Å². The second kappa shape index (κ2) is 6.92. The summed E-state index contributed by atoms with van der Waals surface area (Å²) in [6.07, 6.45) is 0. The maximum absolute atomic E-state index is 13.0. The summed E-state index contributed by atoms with van der Waals surface area (Å²) in [5, 5.41) is 3.43. The highest BCUT2D eigenvalue weighted by atomic mass is 32.1. The highest BCUT2D eigenvalue weighted by Crippen LogP contribution is 2.27. The van der Waals surface area contributed by atoms with Crippen LogP contribution in [0, 0.1) is 20.8 Å². The van der Waals surface area contributed by atoms with Crippen LogP contribution in [0.4, 0.5) is 5.69 Å². The van der Waals surface area contributed by atoms with E-state index in [1.54, 1.807) is 45.2 Å². The molecule has 1 amide bonds. The minimum absolute atomic E-state index is 0.174. The third kappa shape index (κ3) is 3.10. The van der Waals surface area contributed by atoms with Gasteiger partial charge in [-0.15, -0.1) is 11.3 Å². The molecule has 26 heavy (non-hydrogen) atoms. The van der Waals surface area contributed by atoms with Gasteiger partial charge in [-0.3, -0.25) is 14.2 Å². The van der Waals surface area contributed by atoms with Crippen molar-refractivity contribution in [2.24, 2.45) is 0 Å². The Morgan fingerprint density at radius 2 is 1.88 bits per heavy atom. The van der Waals surface area contributed by atoms with Crippen molar-refractivity contribution in [2.75, 3.05) is 12.4 Å². The van der Waals surface area contributed by atoms with Crippen molar-refractivity contribution in [2.45, 2.75) is 33.7 Å². The summed E-state index contributed by atoms with van der Waals surface area (Å²) in [7, 11) is 1.59. The highest BCUT2D eigenvalue weighted by molar-refractivity contribution is 7.18. The van der Waals surface area contributed by atoms with Gasteiger partial charge in [0, 0.05) is 10.6 Å². The number of amides is 1. The van der Waals surface area contributed by atoms with E-state index in [9.17, 15) is 9.59 Å². The molecular formula is C19H21N3O3S. The molecule has 0 fully saturated rings. The van der Waals surface area contributed by atoms with E-state index in [0.29, 0.717) is 22.6 Å². The first-order valence-corrected chi connectivity index (χ1v) is 9.09. The molecule has 2 aromatic heterocycles. The summed E-state index contributed by atoms with van der Waals surface area (Å²) in [6, 6.07) is 6.37. The Morgan fingerprint density at radius 3 is 2.50 bits per heavy atom. The molecule has 6 nitrogen and oxygen atoms in total. The van der Waals surface area contributed by atoms with E-state index >= 15 is 0 Å². The summed E-state index contributed by atoms with van der Waals surface area (Å²) in [5.74, 6) is 0.966. The largest absolute Gasteiger partial charge is 0.497 e. The summed E-state index contributed by atoms with van der Waals surface area (Å²) < 4.78 is 6.57. The van der Waals surface area contributed by atoms with Gasteiger partial charge in [0.05, 0.1) is 12.5 Å². The molecule has 3 aromatic rings. The van der Waals surface area contributed by atoms with E-state index in [-0.39, 0.29) is 11.5 Å². The average molecular weight is 371 g/mol. The Balaban J connectivity index is 1.95. The summed E-state index contributed by atoms with van der Waals surface area (Å²) in [4.78, 5) is 32.0. The van der Waals surface area contributed by atoms with Crippen molar-refractivity contribution >= 4 is 33.1 Å². The normalized spacial score (nSPS) is 12.2. The average Bonchev–Trinajstić information content (AvgIpc) is 2.89. The van der Waals surface area contributed by atoms with Crippen LogP contribution >= 0.6 is 11.3 Å². The third-order valence-corrected chi connectivity index (χ3v) is 5.64. The van der Waals surface area contributed by atoms with Crippen molar-refractivity contribution in [1.82, 2.24) is 9.55 Å². The smallest absolute Gasteiger partial charge is 0.263 e. The number of nitrogens with zero attached hydrogens (tertiary/aromatic N) is 2. The van der Waals surface area contributed by atoms with Crippen molar-refractivity contribution in [3.63, 3.8) is 0 Å². The lowest BCUT2D eigenvalue weighted by Gasteiger charge is -2.17. The van der Waals surface area contributed by atoms with E-state index in [4.69, 9.17) is 4.74 Å². The fourth-order valence-corrected chi connectivity index (χ4v) is 3.97. The van der Waals surface area contributed by atoms with Gasteiger partial charge in [0.1, 0.15) is 22.4 Å². The van der Waals surface area contributed by atoms with Gasteiger partial charge < -0.3 is 10.1 Å². The Morgan fingerprint density at radius 1 is 1.23 bits per heavy atom. The molecule has 7 heteroatoms. The molecule has 1 aromatic carbocycles. The molecule has 0 aliphatic heterocycles. The van der Waals surface area contributed by atoms with Gasteiger partial charge in [-0.05, 0) is 57.5 Å². The molecule has 1 unspecified atom stereocenters. The number of benzene rings is 1. The van der Waals surface area contributed by atoms with Gasteiger partial charge >= 0.3 is 0 Å². The van der Waals surface area contributed by atoms with Crippen molar-refractivity contribution < 1.29 is 9.53 Å². The number of ether oxygens (including phenoxy) is 1. The Kier molecular flexibility index (Phi) is 4.82. The number of anilines is 1. The number of methoxy groups -OCH3 is 1. The first-order valence-electron chi connectivity index (χ1n) is 8.27. The Bertz CT molecular complexity index is 1030. The zero-order valence-corrected chi connectivity index (χ0v) is 16.2. The van der Waals surface area contributed by atoms with Crippen LogP contribution in [-0.4, -0.2) is 22.6 Å². The molecule has 0 bridgehead atoms. The number of fused-ring (bicyclic) bond motifs is 1. The Hall–Kier alpha value is -2.67. The van der Waals surface area contributed by atoms with Gasteiger partial charge in [-0.1, -0.05) is 0 Å². The van der Waals surface area contributed by atoms with Crippen LogP contribution in [0.15, 0.2) is 29.1 Å². The van der Waals surface area contributed by atoms with E-state index in [1.165, 1.54) is 15.9 Å². The molecule has 3 rings (SSSR count). The molecule has 0 saturated heterocycles. The molecule has 1 atom stereocenters. The minimum Gasteiger partial charge on any atom is -0.497 e. The van der Waals surface area contributed by atoms with Crippen molar-refractivity contribution in [3.05, 3.63) is 50.9 Å². The standard InChI is InChI=1S/C19H21N3O3S/c1-10-12(3)26-18-16(10)19(24)22(13(4)20-18)11(2)17(23)21-14-6-8-15(25-5)9-7-14/h6-9,11H,1-5H3,(H,21,23). The van der Waals surface area contributed by atoms with Crippen LogP contribution in [0.3, 0.4) is 0 Å². The van der Waals surface area contributed by atoms with Crippen LogP contribution < -0.4 is 15.6 Å². The van der Waals surface area contributed by atoms with Gasteiger partial charge in [-0.2, -0.15) is 0 Å². The summed E-state index contributed by atoms with van der Waals surface area (Å²) >= 11 is 1.51. The van der Waals surface area contributed by atoms with Crippen molar-refractivity contribution in [3.8, 4) is 5.75 Å². The fourth-order valence-electron chi connectivity index (χ4n) is 2.90. The van der Waals surface area contributed by atoms with Gasteiger partial charge in [0.2, 0.25) is 5.91 Å². The number of thiophene rings is 1. The van der Waals surface area contributed by atoms with Gasteiger partial charge in [0.25, 0.3) is 5.56 Å². The minimum atomic E-state index is -0.680. The lowest BCUT2D eigenvalue weighted by molar-refractivity contribution is -0.118. The zero-order chi connectivity index (χ0) is 19.0. The van der Waals surface area contributed by atoms with Crippen LogP contribution in [0.25, 0.3) is 10.2 Å². The maximum Gasteiger partial charge on any atom is 0.263 e. The predicted molar refractivity (Wildman–Crippen MR) is 104 cm³/mol. The molecule has 0 aliphatic rings. The molecule has 0 radical (unpaired) electrons. The van der Waals surface area contributed by atoms with E-state index in [1.807, 2.05) is 13.8 Å². The predicted octanol–water partition coefficient (Wildman–Crippen LogP) is 3.59. The molecule has 0 aliphatic carbocycles. The summed E-state index contributed by atoms with van der Waals surface area (Å²) in [5.41, 5.74) is 1.40. The van der Waals surface area contributed by atoms with Crippen molar-refractivity contribution in [1.29, 1.82) is 0 Å². The number of hydrogen-bond acceptors (Lipinski definition) is 5. The summed E-state index contributed by atoms with van der Waals surface area (Å²) in [6.45, 7) is 7.34. The zero-order valence-electron chi connectivity index (χ0n) is 15.4. The number of carbonyl (C=O) groups is 1. The number of nitrogens with one attached hydrogen (secondary N) is 1. The number of aryl methyl sites for hydroxylation is 3. The SMILES string of the molecule is COc1ccc(NC(=O)C(C)n2c(C)nc3sc(C)c(C)c3c2=O)cc1. The van der Waals surface area contributed by atoms with Crippen LogP contribution in [-0.2, 0) is 4.79 Å². The second-order valence-corrected chi connectivity index (χ2v) is 7.39. The monoisotopic (exact) mass is 371 g/mol. The van der Waals surface area contributed by atoms with Crippen LogP contribution in [0.1, 0.15) is 29.2 Å². The van der Waals surface area contributed by atoms with E-state index in [2.05, 4.69) is 10.3 Å². The lowest BCUT2D eigenvalue weighted by atomic mass is 10.2. The molecule has 0 spiro atoms. The maximum atomic E-state index is 13.0. The Labute approximate surface area is 155 Å². The second-order valence-electron chi connectivity index (χ2n) is 6.19. The molecule has 1 N–H and O–H groups in total. The van der Waals surface area contributed by atoms with Gasteiger partial charge in [-0.25, -0.2) is 4.98 Å². The van der Waals surface area contributed by atoms with Crippen LogP contribution in [0.2, 0.25) is 0 Å². The number of aromatic nitrogens is 2. The molecular weight excluding hydrogens is 350 g/mol. The third-order valence-electron chi connectivity index (χ3n) is 4.54.